The molecule has 1 fully saturated rings. The zero-order chi connectivity index (χ0) is 19.5. The van der Waals surface area contributed by atoms with Crippen molar-refractivity contribution in [3.63, 3.8) is 0 Å². The Kier molecular flexibility index (Phi) is 12.5. The molecule has 0 aromatic heterocycles. The van der Waals surface area contributed by atoms with E-state index in [0.29, 0.717) is 0 Å². The van der Waals surface area contributed by atoms with E-state index in [0.717, 1.165) is 38.7 Å². The van der Waals surface area contributed by atoms with E-state index in [1.165, 1.54) is 44.0 Å². The molecule has 0 radical (unpaired) electrons. The summed E-state index contributed by atoms with van der Waals surface area (Å²) in [6.45, 7) is 17.3. The fourth-order valence-corrected chi connectivity index (χ4v) is 3.49. The highest BCUT2D eigenvalue weighted by atomic mass is 127. The summed E-state index contributed by atoms with van der Waals surface area (Å²) in [6, 6.07) is 8.70. The van der Waals surface area contributed by atoms with Gasteiger partial charge >= 0.3 is 0 Å². The van der Waals surface area contributed by atoms with Crippen molar-refractivity contribution in [2.45, 2.75) is 20.8 Å². The van der Waals surface area contributed by atoms with Crippen LogP contribution in [0.25, 0.3) is 0 Å². The molecule has 2 N–H and O–H groups in total. The Morgan fingerprint density at radius 2 is 1.75 bits per heavy atom. The molecule has 0 aliphatic carbocycles. The van der Waals surface area contributed by atoms with Gasteiger partial charge in [-0.3, -0.25) is 9.89 Å². The molecule has 28 heavy (non-hydrogen) atoms. The number of benzene rings is 1. The number of nitrogens with one attached hydrogen (secondary N) is 2. The number of aliphatic imine (C=N–C) groups is 1. The maximum absolute atomic E-state index is 4.35. The van der Waals surface area contributed by atoms with Gasteiger partial charge in [0.2, 0.25) is 0 Å². The molecule has 1 aromatic carbocycles. The minimum absolute atomic E-state index is 0. The van der Waals surface area contributed by atoms with Crippen molar-refractivity contribution < 1.29 is 0 Å². The van der Waals surface area contributed by atoms with Gasteiger partial charge in [-0.1, -0.05) is 19.1 Å². The summed E-state index contributed by atoms with van der Waals surface area (Å²) in [5, 5.41) is 6.89. The zero-order valence-corrected chi connectivity index (χ0v) is 20.4. The first-order valence-electron chi connectivity index (χ1n) is 10.4. The van der Waals surface area contributed by atoms with Crippen molar-refractivity contribution in [1.29, 1.82) is 0 Å². The van der Waals surface area contributed by atoms with Gasteiger partial charge in [-0.2, -0.15) is 0 Å². The number of aryl methyl sites for hydroxylation is 1. The summed E-state index contributed by atoms with van der Waals surface area (Å²) < 4.78 is 0. The van der Waals surface area contributed by atoms with Gasteiger partial charge in [-0.25, -0.2) is 0 Å². The highest BCUT2D eigenvalue weighted by Gasteiger charge is 2.14. The lowest BCUT2D eigenvalue weighted by atomic mass is 10.2. The van der Waals surface area contributed by atoms with E-state index in [9.17, 15) is 0 Å². The number of likely N-dealkylation sites (N-methyl/N-ethyl adjacent to an activating group) is 2. The van der Waals surface area contributed by atoms with Crippen LogP contribution in [0.15, 0.2) is 29.3 Å². The van der Waals surface area contributed by atoms with E-state index >= 15 is 0 Å². The number of piperazine rings is 1. The first-order chi connectivity index (χ1) is 13.2. The molecule has 1 aliphatic heterocycles. The highest BCUT2D eigenvalue weighted by Crippen LogP contribution is 2.14. The topological polar surface area (TPSA) is 46.1 Å². The Balaban J connectivity index is 0.00000392. The molecule has 1 heterocycles. The zero-order valence-electron chi connectivity index (χ0n) is 18.1. The molecule has 1 aromatic rings. The summed E-state index contributed by atoms with van der Waals surface area (Å²) >= 11 is 0. The van der Waals surface area contributed by atoms with Crippen LogP contribution in [0.1, 0.15) is 19.4 Å². The molecule has 160 valence electrons. The molecule has 6 nitrogen and oxygen atoms in total. The Hall–Kier alpha value is -1.06. The first kappa shape index (κ1) is 25.0. The molecule has 0 spiro atoms. The molecule has 2 rings (SSSR count). The standard InChI is InChI=1S/C21H38N6.HI/c1-5-25-14-16-26(17-15-25)12-10-23-21(22-4)24-11-13-27(6-2)20-9-7-8-19(3)18-20;/h7-9,18H,5-6,10-17H2,1-4H3,(H2,22,23,24);1H. The van der Waals surface area contributed by atoms with Crippen molar-refractivity contribution in [2.24, 2.45) is 4.99 Å². The number of nitrogens with zero attached hydrogens (tertiary/aromatic N) is 4. The fraction of sp³-hybridized carbons (Fsp3) is 0.667. The predicted molar refractivity (Wildman–Crippen MR) is 132 cm³/mol. The number of hydrogen-bond donors (Lipinski definition) is 2. The van der Waals surface area contributed by atoms with Crippen LogP contribution in [0.2, 0.25) is 0 Å². The highest BCUT2D eigenvalue weighted by molar-refractivity contribution is 14.0. The summed E-state index contributed by atoms with van der Waals surface area (Å²) in [7, 11) is 1.84. The van der Waals surface area contributed by atoms with Gasteiger partial charge in [-0.05, 0) is 38.1 Å². The van der Waals surface area contributed by atoms with Crippen LogP contribution >= 0.6 is 24.0 Å². The average Bonchev–Trinajstić information content (AvgIpc) is 2.70. The third-order valence-corrected chi connectivity index (χ3v) is 5.28. The first-order valence-corrected chi connectivity index (χ1v) is 10.4. The van der Waals surface area contributed by atoms with Crippen LogP contribution < -0.4 is 15.5 Å². The lowest BCUT2D eigenvalue weighted by Gasteiger charge is -2.34. The molecule has 0 bridgehead atoms. The minimum Gasteiger partial charge on any atom is -0.370 e. The van der Waals surface area contributed by atoms with Crippen molar-refractivity contribution in [3.05, 3.63) is 29.8 Å². The van der Waals surface area contributed by atoms with Crippen LogP contribution in [-0.2, 0) is 0 Å². The second kappa shape index (κ2) is 14.0. The van der Waals surface area contributed by atoms with E-state index in [2.05, 4.69) is 75.4 Å². The van der Waals surface area contributed by atoms with Crippen LogP contribution in [0.4, 0.5) is 5.69 Å². The summed E-state index contributed by atoms with van der Waals surface area (Å²) in [6.07, 6.45) is 0. The number of halogens is 1. The largest absolute Gasteiger partial charge is 0.370 e. The van der Waals surface area contributed by atoms with Crippen LogP contribution in [0.3, 0.4) is 0 Å². The molecule has 7 heteroatoms. The van der Waals surface area contributed by atoms with Gasteiger partial charge in [-0.15, -0.1) is 24.0 Å². The van der Waals surface area contributed by atoms with Gasteiger partial charge in [0.15, 0.2) is 5.96 Å². The Bertz CT molecular complexity index is 572. The molecule has 0 saturated carbocycles. The normalized spacial score (nSPS) is 15.8. The molecule has 1 saturated heterocycles. The second-order valence-electron chi connectivity index (χ2n) is 7.12. The average molecular weight is 502 g/mol. The fourth-order valence-electron chi connectivity index (χ4n) is 3.49. The van der Waals surface area contributed by atoms with E-state index in [4.69, 9.17) is 0 Å². The molecule has 0 atom stereocenters. The Morgan fingerprint density at radius 1 is 1.07 bits per heavy atom. The third-order valence-electron chi connectivity index (χ3n) is 5.28. The number of guanidine groups is 1. The van der Waals surface area contributed by atoms with E-state index in [1.54, 1.807) is 0 Å². The van der Waals surface area contributed by atoms with Crippen molar-refractivity contribution in [2.75, 3.05) is 77.4 Å². The Labute approximate surface area is 188 Å². The van der Waals surface area contributed by atoms with Crippen molar-refractivity contribution >= 4 is 35.6 Å². The van der Waals surface area contributed by atoms with E-state index in [1.807, 2.05) is 7.05 Å². The monoisotopic (exact) mass is 502 g/mol. The maximum atomic E-state index is 4.35. The molecule has 0 unspecified atom stereocenters. The van der Waals surface area contributed by atoms with Crippen LogP contribution in [0.5, 0.6) is 0 Å². The molecular formula is C21H39IN6. The summed E-state index contributed by atoms with van der Waals surface area (Å²) in [4.78, 5) is 11.8. The SMILES string of the molecule is CCN1CCN(CCNC(=NC)NCCN(CC)c2cccc(C)c2)CC1.I. The smallest absolute Gasteiger partial charge is 0.191 e. The minimum atomic E-state index is 0. The molecule has 0 amide bonds. The van der Waals surface area contributed by atoms with Gasteiger partial charge in [0, 0.05) is 71.6 Å². The quantitative estimate of drug-likeness (QED) is 0.308. The summed E-state index contributed by atoms with van der Waals surface area (Å²) in [5.74, 6) is 0.891. The third kappa shape index (κ3) is 8.53. The lowest BCUT2D eigenvalue weighted by molar-refractivity contribution is 0.139. The van der Waals surface area contributed by atoms with Gasteiger partial charge in [0.25, 0.3) is 0 Å². The van der Waals surface area contributed by atoms with Gasteiger partial charge < -0.3 is 20.4 Å². The van der Waals surface area contributed by atoms with E-state index in [-0.39, 0.29) is 24.0 Å². The summed E-state index contributed by atoms with van der Waals surface area (Å²) in [5.41, 5.74) is 2.59. The number of hydrogen-bond acceptors (Lipinski definition) is 4. The van der Waals surface area contributed by atoms with E-state index < -0.39 is 0 Å². The Morgan fingerprint density at radius 3 is 2.36 bits per heavy atom. The number of rotatable bonds is 9. The van der Waals surface area contributed by atoms with Crippen LogP contribution in [-0.4, -0.2) is 88.3 Å². The number of anilines is 1. The van der Waals surface area contributed by atoms with Crippen molar-refractivity contribution in [3.8, 4) is 0 Å². The second-order valence-corrected chi connectivity index (χ2v) is 7.12. The maximum Gasteiger partial charge on any atom is 0.191 e. The lowest BCUT2D eigenvalue weighted by Crippen LogP contribution is -2.49. The van der Waals surface area contributed by atoms with Crippen molar-refractivity contribution in [1.82, 2.24) is 20.4 Å². The molecule has 1 aliphatic rings. The molecular weight excluding hydrogens is 463 g/mol. The van der Waals surface area contributed by atoms with Gasteiger partial charge in [0.1, 0.15) is 0 Å². The van der Waals surface area contributed by atoms with Crippen LogP contribution in [0, 0.1) is 6.92 Å². The predicted octanol–water partition coefficient (Wildman–Crippen LogP) is 2.24. The van der Waals surface area contributed by atoms with Gasteiger partial charge in [0.05, 0.1) is 0 Å².